The Kier molecular flexibility index (Phi) is 5.40. The van der Waals surface area contributed by atoms with E-state index in [0.717, 1.165) is 31.2 Å². The number of pyridine rings is 1. The molecule has 3 heterocycles. The number of H-pyrrole nitrogens is 1. The molecule has 3 aromatic rings. The normalized spacial score (nSPS) is 19.9. The van der Waals surface area contributed by atoms with Crippen LogP contribution in [-0.4, -0.2) is 41.1 Å². The molecule has 2 aliphatic rings. The van der Waals surface area contributed by atoms with Crippen LogP contribution >= 0.6 is 0 Å². The maximum atomic E-state index is 12.7. The molecule has 3 N–H and O–H groups in total. The van der Waals surface area contributed by atoms with Crippen LogP contribution in [0.2, 0.25) is 0 Å². The molecule has 1 aliphatic carbocycles. The second kappa shape index (κ2) is 8.06. The summed E-state index contributed by atoms with van der Waals surface area (Å²) >= 11 is 0. The van der Waals surface area contributed by atoms with Gasteiger partial charge in [-0.3, -0.25) is 4.79 Å². The van der Waals surface area contributed by atoms with Crippen molar-refractivity contribution in [2.24, 2.45) is 5.92 Å². The molecule has 5 rings (SSSR count). The summed E-state index contributed by atoms with van der Waals surface area (Å²) in [7, 11) is -3.54. The van der Waals surface area contributed by atoms with Crippen LogP contribution in [0.5, 0.6) is 0 Å². The number of aromatic amines is 1. The molecule has 9 nitrogen and oxygen atoms in total. The first-order valence-corrected chi connectivity index (χ1v) is 13.3. The van der Waals surface area contributed by atoms with Crippen LogP contribution in [0.4, 0.5) is 17.2 Å². The van der Waals surface area contributed by atoms with Crippen LogP contribution in [-0.2, 0) is 19.4 Å². The van der Waals surface area contributed by atoms with Crippen molar-refractivity contribution in [2.75, 3.05) is 16.9 Å². The molecule has 1 amide bonds. The van der Waals surface area contributed by atoms with Gasteiger partial charge in [0.1, 0.15) is 17.2 Å². The Hall–Kier alpha value is -2.98. The van der Waals surface area contributed by atoms with E-state index in [1.807, 2.05) is 26.8 Å². The standard InChI is InChI=1S/C24H29N5O4S/c1-13-25-21-17(12-20(28-22(21)26-13)29-23(30)14-5-6-14)27-16-8-7-15(11-19(16)34(4,31)32)18-9-10-24(2,3)33-18/h7-8,11-12,14,18H,5-6,9-10H2,1-4H3,(H3,25,26,27,28,29,30)/t18-/m0/s1. The number of aromatic nitrogens is 3. The van der Waals surface area contributed by atoms with Crippen LogP contribution < -0.4 is 10.6 Å². The van der Waals surface area contributed by atoms with Crippen molar-refractivity contribution in [2.45, 2.75) is 63.1 Å². The Bertz CT molecular complexity index is 1390. The first-order valence-electron chi connectivity index (χ1n) is 11.5. The number of nitrogens with one attached hydrogen (secondary N) is 3. The van der Waals surface area contributed by atoms with Crippen molar-refractivity contribution in [3.05, 3.63) is 35.7 Å². The predicted molar refractivity (Wildman–Crippen MR) is 130 cm³/mol. The Morgan fingerprint density at radius 3 is 2.56 bits per heavy atom. The Morgan fingerprint density at radius 1 is 1.15 bits per heavy atom. The van der Waals surface area contributed by atoms with Crippen molar-refractivity contribution < 1.29 is 17.9 Å². The fourth-order valence-corrected chi connectivity index (χ4v) is 5.22. The zero-order chi connectivity index (χ0) is 24.3. The van der Waals surface area contributed by atoms with Crippen molar-refractivity contribution in [3.63, 3.8) is 0 Å². The second-order valence-corrected chi connectivity index (χ2v) is 11.9. The van der Waals surface area contributed by atoms with E-state index in [0.29, 0.717) is 34.2 Å². The number of benzene rings is 1. The molecule has 1 aliphatic heterocycles. The van der Waals surface area contributed by atoms with Gasteiger partial charge >= 0.3 is 0 Å². The average molecular weight is 484 g/mol. The van der Waals surface area contributed by atoms with E-state index in [1.54, 1.807) is 18.2 Å². The number of carbonyl (C=O) groups is 1. The molecule has 1 atom stereocenters. The number of anilines is 3. The first kappa shape index (κ1) is 22.8. The van der Waals surface area contributed by atoms with Crippen LogP contribution in [0, 0.1) is 12.8 Å². The molecule has 34 heavy (non-hydrogen) atoms. The highest BCUT2D eigenvalue weighted by Gasteiger charge is 2.33. The molecule has 1 aromatic carbocycles. The number of aryl methyl sites for hydroxylation is 1. The number of nitrogens with zero attached hydrogens (tertiary/aromatic N) is 2. The third-order valence-electron chi connectivity index (χ3n) is 6.30. The summed E-state index contributed by atoms with van der Waals surface area (Å²) in [6, 6.07) is 7.05. The molecular weight excluding hydrogens is 454 g/mol. The Labute approximate surface area is 198 Å². The van der Waals surface area contributed by atoms with Gasteiger partial charge in [-0.25, -0.2) is 18.4 Å². The molecule has 0 radical (unpaired) electrons. The van der Waals surface area contributed by atoms with Gasteiger partial charge in [0.25, 0.3) is 0 Å². The number of ether oxygens (including phenoxy) is 1. The van der Waals surface area contributed by atoms with E-state index in [2.05, 4.69) is 25.6 Å². The van der Waals surface area contributed by atoms with Crippen molar-refractivity contribution in [1.82, 2.24) is 15.0 Å². The van der Waals surface area contributed by atoms with Gasteiger partial charge in [-0.1, -0.05) is 6.07 Å². The summed E-state index contributed by atoms with van der Waals surface area (Å²) in [5.41, 5.74) is 2.69. The summed E-state index contributed by atoms with van der Waals surface area (Å²) in [5.74, 6) is 1.00. The van der Waals surface area contributed by atoms with Gasteiger partial charge in [0.15, 0.2) is 15.5 Å². The molecule has 0 bridgehead atoms. The van der Waals surface area contributed by atoms with Gasteiger partial charge in [0.05, 0.1) is 28.0 Å². The number of sulfone groups is 1. The van der Waals surface area contributed by atoms with Crippen molar-refractivity contribution in [1.29, 1.82) is 0 Å². The highest BCUT2D eigenvalue weighted by molar-refractivity contribution is 7.90. The van der Waals surface area contributed by atoms with Gasteiger partial charge in [-0.2, -0.15) is 0 Å². The fourth-order valence-electron chi connectivity index (χ4n) is 4.35. The fraction of sp³-hybridized carbons (Fsp3) is 0.458. The average Bonchev–Trinajstić information content (AvgIpc) is 3.44. The minimum Gasteiger partial charge on any atom is -0.368 e. The minimum absolute atomic E-state index is 0.0296. The molecular formula is C24H29N5O4S. The second-order valence-electron chi connectivity index (χ2n) is 9.90. The van der Waals surface area contributed by atoms with E-state index < -0.39 is 9.84 Å². The van der Waals surface area contributed by atoms with E-state index in [1.165, 1.54) is 6.26 Å². The lowest BCUT2D eigenvalue weighted by Crippen LogP contribution is -2.17. The highest BCUT2D eigenvalue weighted by atomic mass is 32.2. The molecule has 0 spiro atoms. The molecule has 0 unspecified atom stereocenters. The van der Waals surface area contributed by atoms with E-state index in [4.69, 9.17) is 4.74 Å². The first-order chi connectivity index (χ1) is 16.0. The summed E-state index contributed by atoms with van der Waals surface area (Å²) in [6.07, 6.45) is 4.57. The number of carbonyl (C=O) groups excluding carboxylic acids is 1. The van der Waals surface area contributed by atoms with E-state index >= 15 is 0 Å². The zero-order valence-corrected chi connectivity index (χ0v) is 20.5. The van der Waals surface area contributed by atoms with Gasteiger partial charge in [0, 0.05) is 18.2 Å². The van der Waals surface area contributed by atoms with Crippen LogP contribution in [0.3, 0.4) is 0 Å². The molecule has 10 heteroatoms. The maximum Gasteiger partial charge on any atom is 0.228 e. The smallest absolute Gasteiger partial charge is 0.228 e. The van der Waals surface area contributed by atoms with Gasteiger partial charge < -0.3 is 20.4 Å². The summed E-state index contributed by atoms with van der Waals surface area (Å²) < 4.78 is 31.6. The third-order valence-corrected chi connectivity index (χ3v) is 7.43. The predicted octanol–water partition coefficient (Wildman–Crippen LogP) is 4.39. The number of hydrogen-bond acceptors (Lipinski definition) is 7. The van der Waals surface area contributed by atoms with Gasteiger partial charge in [-0.05, 0) is 64.2 Å². The maximum absolute atomic E-state index is 12.7. The quantitative estimate of drug-likeness (QED) is 0.475. The summed E-state index contributed by atoms with van der Waals surface area (Å²) in [4.78, 5) is 24.5. The SMILES string of the molecule is Cc1nc2nc(NC(=O)C3CC3)cc(Nc3ccc([C@@H]4CCC(C)(C)O4)cc3S(C)(=O)=O)c2[nH]1. The lowest BCUT2D eigenvalue weighted by molar-refractivity contribution is -0.117. The minimum atomic E-state index is -3.54. The summed E-state index contributed by atoms with van der Waals surface area (Å²) in [6.45, 7) is 5.90. The van der Waals surface area contributed by atoms with Crippen LogP contribution in [0.1, 0.15) is 57.0 Å². The largest absolute Gasteiger partial charge is 0.368 e. The van der Waals surface area contributed by atoms with Crippen LogP contribution in [0.15, 0.2) is 29.2 Å². The third kappa shape index (κ3) is 4.65. The molecule has 2 aromatic heterocycles. The zero-order valence-electron chi connectivity index (χ0n) is 19.7. The van der Waals surface area contributed by atoms with Gasteiger partial charge in [0.2, 0.25) is 5.91 Å². The summed E-state index contributed by atoms with van der Waals surface area (Å²) in [5, 5.41) is 6.10. The molecule has 2 fully saturated rings. The monoisotopic (exact) mass is 483 g/mol. The van der Waals surface area contributed by atoms with E-state index in [9.17, 15) is 13.2 Å². The lowest BCUT2D eigenvalue weighted by Gasteiger charge is -2.20. The molecule has 180 valence electrons. The number of fused-ring (bicyclic) bond motifs is 1. The number of rotatable bonds is 6. The highest BCUT2D eigenvalue weighted by Crippen LogP contribution is 2.41. The number of amides is 1. The topological polar surface area (TPSA) is 126 Å². The van der Waals surface area contributed by atoms with Crippen molar-refractivity contribution >= 4 is 44.1 Å². The van der Waals surface area contributed by atoms with E-state index in [-0.39, 0.29) is 28.4 Å². The Balaban J connectivity index is 1.53. The lowest BCUT2D eigenvalue weighted by atomic mass is 10.0. The van der Waals surface area contributed by atoms with Gasteiger partial charge in [-0.15, -0.1) is 0 Å². The number of hydrogen-bond donors (Lipinski definition) is 3. The van der Waals surface area contributed by atoms with Crippen molar-refractivity contribution in [3.8, 4) is 0 Å². The Morgan fingerprint density at radius 2 is 1.91 bits per heavy atom. The number of imidazole rings is 1. The molecule has 1 saturated carbocycles. The molecule has 1 saturated heterocycles. The van der Waals surface area contributed by atoms with Crippen LogP contribution in [0.25, 0.3) is 11.2 Å².